The SMILES string of the molecule is C=CCNC(=O)c1snc(-c2cccc(F)c2)c1N. The zero-order valence-electron chi connectivity index (χ0n) is 10.0. The van der Waals surface area contributed by atoms with Crippen molar-refractivity contribution in [2.24, 2.45) is 0 Å². The minimum Gasteiger partial charge on any atom is -0.396 e. The maximum Gasteiger partial charge on any atom is 0.265 e. The number of nitrogens with two attached hydrogens (primary N) is 1. The average molecular weight is 277 g/mol. The quantitative estimate of drug-likeness (QED) is 0.843. The molecule has 3 N–H and O–H groups in total. The van der Waals surface area contributed by atoms with Crippen molar-refractivity contribution in [2.75, 3.05) is 12.3 Å². The molecule has 6 heteroatoms. The second kappa shape index (κ2) is 5.62. The van der Waals surface area contributed by atoms with Gasteiger partial charge in [-0.25, -0.2) is 4.39 Å². The molecule has 0 atom stereocenters. The number of anilines is 1. The Hall–Kier alpha value is -2.21. The van der Waals surface area contributed by atoms with Crippen LogP contribution in [0.2, 0.25) is 0 Å². The number of amides is 1. The molecular formula is C13H12FN3OS. The van der Waals surface area contributed by atoms with Crippen LogP contribution in [0.5, 0.6) is 0 Å². The highest BCUT2D eigenvalue weighted by molar-refractivity contribution is 7.09. The van der Waals surface area contributed by atoms with Crippen LogP contribution in [0, 0.1) is 5.82 Å². The van der Waals surface area contributed by atoms with Gasteiger partial charge in [0.05, 0.1) is 5.69 Å². The minimum absolute atomic E-state index is 0.261. The maximum atomic E-state index is 13.2. The van der Waals surface area contributed by atoms with Crippen LogP contribution < -0.4 is 11.1 Å². The van der Waals surface area contributed by atoms with E-state index < -0.39 is 0 Å². The summed E-state index contributed by atoms with van der Waals surface area (Å²) in [6.45, 7) is 3.86. The Morgan fingerprint density at radius 1 is 1.58 bits per heavy atom. The van der Waals surface area contributed by atoms with E-state index in [1.807, 2.05) is 0 Å². The monoisotopic (exact) mass is 277 g/mol. The Balaban J connectivity index is 2.32. The van der Waals surface area contributed by atoms with Crippen LogP contribution in [-0.4, -0.2) is 16.8 Å². The highest BCUT2D eigenvalue weighted by Crippen LogP contribution is 2.30. The lowest BCUT2D eigenvalue weighted by Crippen LogP contribution is -2.23. The molecule has 0 saturated heterocycles. The summed E-state index contributed by atoms with van der Waals surface area (Å²) in [5, 5.41) is 2.62. The van der Waals surface area contributed by atoms with Gasteiger partial charge in [-0.2, -0.15) is 4.37 Å². The summed E-state index contributed by atoms with van der Waals surface area (Å²) >= 11 is 0.992. The normalized spacial score (nSPS) is 10.2. The fourth-order valence-electron chi connectivity index (χ4n) is 1.55. The molecule has 1 aromatic carbocycles. The van der Waals surface area contributed by atoms with Crippen LogP contribution in [0.15, 0.2) is 36.9 Å². The predicted molar refractivity (Wildman–Crippen MR) is 74.5 cm³/mol. The van der Waals surface area contributed by atoms with E-state index in [4.69, 9.17) is 5.73 Å². The Morgan fingerprint density at radius 3 is 3.05 bits per heavy atom. The molecule has 2 rings (SSSR count). The molecule has 0 aliphatic heterocycles. The van der Waals surface area contributed by atoms with Crippen molar-refractivity contribution in [3.63, 3.8) is 0 Å². The van der Waals surface area contributed by atoms with Crippen LogP contribution in [-0.2, 0) is 0 Å². The average Bonchev–Trinajstić information content (AvgIpc) is 2.78. The summed E-state index contributed by atoms with van der Waals surface area (Å²) in [4.78, 5) is 12.1. The number of nitrogens with zero attached hydrogens (tertiary/aromatic N) is 1. The Kier molecular flexibility index (Phi) is 3.91. The molecule has 0 unspecified atom stereocenters. The summed E-state index contributed by atoms with van der Waals surface area (Å²) in [6.07, 6.45) is 1.57. The third-order valence-electron chi connectivity index (χ3n) is 2.44. The van der Waals surface area contributed by atoms with Gasteiger partial charge in [0.1, 0.15) is 16.4 Å². The smallest absolute Gasteiger partial charge is 0.265 e. The summed E-state index contributed by atoms with van der Waals surface area (Å²) < 4.78 is 17.3. The lowest BCUT2D eigenvalue weighted by molar-refractivity contribution is 0.0963. The molecule has 1 heterocycles. The van der Waals surface area contributed by atoms with E-state index >= 15 is 0 Å². The largest absolute Gasteiger partial charge is 0.396 e. The Bertz CT molecular complexity index is 624. The van der Waals surface area contributed by atoms with Gasteiger partial charge < -0.3 is 11.1 Å². The lowest BCUT2D eigenvalue weighted by atomic mass is 10.1. The maximum absolute atomic E-state index is 13.2. The number of nitrogens with one attached hydrogen (secondary N) is 1. The summed E-state index contributed by atoms with van der Waals surface area (Å²) in [6, 6.07) is 5.93. The number of halogens is 1. The molecule has 1 amide bonds. The fourth-order valence-corrected chi connectivity index (χ4v) is 2.29. The summed E-state index contributed by atoms with van der Waals surface area (Å²) in [5.41, 5.74) is 7.13. The van der Waals surface area contributed by atoms with Gasteiger partial charge >= 0.3 is 0 Å². The van der Waals surface area contributed by atoms with Crippen LogP contribution in [0.25, 0.3) is 11.3 Å². The van der Waals surface area contributed by atoms with Crippen LogP contribution in [0.3, 0.4) is 0 Å². The number of benzene rings is 1. The van der Waals surface area contributed by atoms with Crippen molar-refractivity contribution in [2.45, 2.75) is 0 Å². The second-order valence-corrected chi connectivity index (χ2v) is 4.56. The molecule has 19 heavy (non-hydrogen) atoms. The molecule has 1 aromatic heterocycles. The van der Waals surface area contributed by atoms with Gasteiger partial charge in [-0.3, -0.25) is 4.79 Å². The lowest BCUT2D eigenvalue weighted by Gasteiger charge is -2.01. The first-order chi connectivity index (χ1) is 9.13. The van der Waals surface area contributed by atoms with E-state index in [9.17, 15) is 9.18 Å². The first kappa shape index (κ1) is 13.2. The van der Waals surface area contributed by atoms with Gasteiger partial charge in [0, 0.05) is 12.1 Å². The topological polar surface area (TPSA) is 68.0 Å². The number of carbonyl (C=O) groups excluding carboxylic acids is 1. The van der Waals surface area contributed by atoms with E-state index in [1.165, 1.54) is 12.1 Å². The van der Waals surface area contributed by atoms with Gasteiger partial charge in [0.25, 0.3) is 5.91 Å². The zero-order valence-corrected chi connectivity index (χ0v) is 10.8. The van der Waals surface area contributed by atoms with Crippen molar-refractivity contribution in [1.82, 2.24) is 9.69 Å². The second-order valence-electron chi connectivity index (χ2n) is 3.78. The Labute approximate surface area is 113 Å². The van der Waals surface area contributed by atoms with E-state index in [0.717, 1.165) is 11.5 Å². The van der Waals surface area contributed by atoms with E-state index in [2.05, 4.69) is 16.3 Å². The van der Waals surface area contributed by atoms with Gasteiger partial charge in [-0.05, 0) is 23.7 Å². The molecule has 0 spiro atoms. The molecule has 0 fully saturated rings. The molecule has 98 valence electrons. The summed E-state index contributed by atoms with van der Waals surface area (Å²) in [7, 11) is 0. The molecular weight excluding hydrogens is 265 g/mol. The molecule has 4 nitrogen and oxygen atoms in total. The standard InChI is InChI=1S/C13H12FN3OS/c1-2-6-16-13(18)12-10(15)11(17-19-12)8-4-3-5-9(14)7-8/h2-5,7H,1,6,15H2,(H,16,18). The summed E-state index contributed by atoms with van der Waals surface area (Å²) in [5.74, 6) is -0.680. The molecule has 0 aliphatic carbocycles. The van der Waals surface area contributed by atoms with Crippen LogP contribution in [0.1, 0.15) is 9.67 Å². The molecule has 0 radical (unpaired) electrons. The first-order valence-corrected chi connectivity index (χ1v) is 6.31. The van der Waals surface area contributed by atoms with E-state index in [-0.39, 0.29) is 17.4 Å². The Morgan fingerprint density at radius 2 is 2.37 bits per heavy atom. The van der Waals surface area contributed by atoms with Gasteiger partial charge in [0.15, 0.2) is 0 Å². The van der Waals surface area contributed by atoms with Crippen molar-refractivity contribution in [3.05, 3.63) is 47.6 Å². The van der Waals surface area contributed by atoms with Crippen molar-refractivity contribution >= 4 is 23.1 Å². The van der Waals surface area contributed by atoms with E-state index in [0.29, 0.717) is 22.7 Å². The number of aromatic nitrogens is 1. The van der Waals surface area contributed by atoms with E-state index in [1.54, 1.807) is 18.2 Å². The first-order valence-electron chi connectivity index (χ1n) is 5.53. The molecule has 0 bridgehead atoms. The van der Waals surface area contributed by atoms with Gasteiger partial charge in [0.2, 0.25) is 0 Å². The number of hydrogen-bond donors (Lipinski definition) is 2. The fraction of sp³-hybridized carbons (Fsp3) is 0.0769. The van der Waals surface area contributed by atoms with Gasteiger partial charge in [-0.1, -0.05) is 18.2 Å². The number of hydrogen-bond acceptors (Lipinski definition) is 4. The highest BCUT2D eigenvalue weighted by Gasteiger charge is 2.18. The zero-order chi connectivity index (χ0) is 13.8. The minimum atomic E-state index is -0.373. The van der Waals surface area contributed by atoms with Crippen molar-refractivity contribution in [3.8, 4) is 11.3 Å². The van der Waals surface area contributed by atoms with Crippen molar-refractivity contribution in [1.29, 1.82) is 0 Å². The van der Waals surface area contributed by atoms with Crippen molar-refractivity contribution < 1.29 is 9.18 Å². The highest BCUT2D eigenvalue weighted by atomic mass is 32.1. The van der Waals surface area contributed by atoms with Crippen LogP contribution >= 0.6 is 11.5 Å². The number of nitrogen functional groups attached to an aromatic ring is 1. The number of rotatable bonds is 4. The van der Waals surface area contributed by atoms with Gasteiger partial charge in [-0.15, -0.1) is 6.58 Å². The molecule has 0 aliphatic rings. The number of carbonyl (C=O) groups is 1. The molecule has 2 aromatic rings. The molecule has 0 saturated carbocycles. The van der Waals surface area contributed by atoms with Crippen LogP contribution in [0.4, 0.5) is 10.1 Å². The third kappa shape index (κ3) is 2.79. The third-order valence-corrected chi connectivity index (χ3v) is 3.30. The predicted octanol–water partition coefficient (Wildman–Crippen LogP) is 2.45.